The zero-order chi connectivity index (χ0) is 13.7. The van der Waals surface area contributed by atoms with Gasteiger partial charge >= 0.3 is 0 Å². The maximum atomic E-state index is 13.5. The van der Waals surface area contributed by atoms with E-state index in [0.29, 0.717) is 30.9 Å². The molecule has 0 aliphatic carbocycles. The highest BCUT2D eigenvalue weighted by atomic mass is 19.1. The van der Waals surface area contributed by atoms with Crippen LogP contribution in [0.5, 0.6) is 5.75 Å². The molecule has 1 aliphatic heterocycles. The molecule has 2 rings (SSSR count). The average Bonchev–Trinajstić information content (AvgIpc) is 2.86. The Morgan fingerprint density at radius 1 is 1.42 bits per heavy atom. The van der Waals surface area contributed by atoms with Crippen LogP contribution in [0.3, 0.4) is 0 Å². The van der Waals surface area contributed by atoms with Crippen molar-refractivity contribution >= 4 is 0 Å². The van der Waals surface area contributed by atoms with Crippen LogP contribution in [0.25, 0.3) is 0 Å². The monoisotopic (exact) mass is 267 g/mol. The van der Waals surface area contributed by atoms with Gasteiger partial charge in [0.2, 0.25) is 0 Å². The molecule has 0 spiro atoms. The van der Waals surface area contributed by atoms with Gasteiger partial charge in [-0.25, -0.2) is 4.39 Å². The second kappa shape index (κ2) is 6.87. The van der Waals surface area contributed by atoms with Crippen molar-refractivity contribution in [3.8, 4) is 5.75 Å². The number of hydrogen-bond acceptors (Lipinski definition) is 3. The quantitative estimate of drug-likeness (QED) is 0.859. The van der Waals surface area contributed by atoms with Crippen LogP contribution in [0.4, 0.5) is 4.39 Å². The Labute approximate surface area is 114 Å². The fraction of sp³-hybridized carbons (Fsp3) is 0.600. The lowest BCUT2D eigenvalue weighted by molar-refractivity contribution is 0.167. The molecule has 4 heteroatoms. The molecule has 0 saturated carbocycles. The van der Waals surface area contributed by atoms with E-state index < -0.39 is 0 Å². The molecule has 1 aliphatic rings. The summed E-state index contributed by atoms with van der Waals surface area (Å²) >= 11 is 0. The lowest BCUT2D eigenvalue weighted by Crippen LogP contribution is -2.22. The summed E-state index contributed by atoms with van der Waals surface area (Å²) in [6.45, 7) is 6.93. The molecule has 3 nitrogen and oxygen atoms in total. The summed E-state index contributed by atoms with van der Waals surface area (Å²) in [5.74, 6) is 0.786. The highest BCUT2D eigenvalue weighted by Crippen LogP contribution is 2.19. The molecule has 0 bridgehead atoms. The van der Waals surface area contributed by atoms with E-state index in [1.165, 1.54) is 6.07 Å². The first-order valence-corrected chi connectivity index (χ1v) is 6.87. The summed E-state index contributed by atoms with van der Waals surface area (Å²) in [5, 5.41) is 3.27. The lowest BCUT2D eigenvalue weighted by atomic mass is 10.1. The molecule has 0 amide bonds. The van der Waals surface area contributed by atoms with E-state index in [-0.39, 0.29) is 5.82 Å². The number of halogens is 1. The van der Waals surface area contributed by atoms with Gasteiger partial charge in [0.15, 0.2) is 0 Å². The van der Waals surface area contributed by atoms with Crippen LogP contribution in [0, 0.1) is 11.7 Å². The number of benzene rings is 1. The minimum absolute atomic E-state index is 0.249. The van der Waals surface area contributed by atoms with Gasteiger partial charge in [0.05, 0.1) is 13.2 Å². The van der Waals surface area contributed by atoms with E-state index in [1.807, 2.05) is 6.07 Å². The normalized spacial score (nSPS) is 19.1. The zero-order valence-corrected chi connectivity index (χ0v) is 11.6. The van der Waals surface area contributed by atoms with E-state index >= 15 is 0 Å². The number of hydrogen-bond donors (Lipinski definition) is 1. The van der Waals surface area contributed by atoms with Crippen LogP contribution in [-0.4, -0.2) is 25.9 Å². The molecule has 0 radical (unpaired) electrons. The SMILES string of the molecule is CC(C)NCc1cc(F)cc(OCC2CCOC2)c1. The van der Waals surface area contributed by atoms with Crippen molar-refractivity contribution in [3.05, 3.63) is 29.6 Å². The van der Waals surface area contributed by atoms with Crippen LogP contribution in [-0.2, 0) is 11.3 Å². The summed E-state index contributed by atoms with van der Waals surface area (Å²) in [7, 11) is 0. The largest absolute Gasteiger partial charge is 0.493 e. The van der Waals surface area contributed by atoms with E-state index in [0.717, 1.165) is 25.2 Å². The molecule has 1 atom stereocenters. The third-order valence-electron chi connectivity index (χ3n) is 3.16. The van der Waals surface area contributed by atoms with Crippen LogP contribution >= 0.6 is 0 Å². The lowest BCUT2D eigenvalue weighted by Gasteiger charge is -2.13. The van der Waals surface area contributed by atoms with Gasteiger partial charge in [-0.3, -0.25) is 0 Å². The Morgan fingerprint density at radius 3 is 2.95 bits per heavy atom. The Morgan fingerprint density at radius 2 is 2.26 bits per heavy atom. The first kappa shape index (κ1) is 14.3. The number of nitrogens with one attached hydrogen (secondary N) is 1. The third kappa shape index (κ3) is 4.80. The summed E-state index contributed by atoms with van der Waals surface area (Å²) < 4.78 is 24.5. The molecule has 0 aromatic heterocycles. The second-order valence-electron chi connectivity index (χ2n) is 5.37. The Kier molecular flexibility index (Phi) is 5.16. The molecule has 1 unspecified atom stereocenters. The fourth-order valence-electron chi connectivity index (χ4n) is 2.06. The smallest absolute Gasteiger partial charge is 0.127 e. The summed E-state index contributed by atoms with van der Waals surface area (Å²) in [4.78, 5) is 0. The molecule has 19 heavy (non-hydrogen) atoms. The topological polar surface area (TPSA) is 30.5 Å². The standard InChI is InChI=1S/C15H22FNO2/c1-11(2)17-8-13-5-14(16)7-15(6-13)19-10-12-3-4-18-9-12/h5-7,11-12,17H,3-4,8-10H2,1-2H3. The van der Waals surface area contributed by atoms with Crippen LogP contribution < -0.4 is 10.1 Å². The van der Waals surface area contributed by atoms with Crippen molar-refractivity contribution in [2.24, 2.45) is 5.92 Å². The summed E-state index contributed by atoms with van der Waals surface area (Å²) in [6.07, 6.45) is 1.02. The summed E-state index contributed by atoms with van der Waals surface area (Å²) in [6, 6.07) is 5.26. The molecule has 1 aromatic rings. The second-order valence-corrected chi connectivity index (χ2v) is 5.37. The molecule has 1 heterocycles. The van der Waals surface area contributed by atoms with Gasteiger partial charge in [-0.1, -0.05) is 13.8 Å². The van der Waals surface area contributed by atoms with Crippen molar-refractivity contribution < 1.29 is 13.9 Å². The summed E-state index contributed by atoms with van der Waals surface area (Å²) in [5.41, 5.74) is 0.909. The van der Waals surface area contributed by atoms with E-state index in [9.17, 15) is 4.39 Å². The molecule has 1 saturated heterocycles. The van der Waals surface area contributed by atoms with Gasteiger partial charge in [-0.2, -0.15) is 0 Å². The van der Waals surface area contributed by atoms with E-state index in [1.54, 1.807) is 6.07 Å². The third-order valence-corrected chi connectivity index (χ3v) is 3.16. The molecular weight excluding hydrogens is 245 g/mol. The average molecular weight is 267 g/mol. The van der Waals surface area contributed by atoms with Gasteiger partial charge < -0.3 is 14.8 Å². The highest BCUT2D eigenvalue weighted by molar-refractivity contribution is 5.29. The first-order chi connectivity index (χ1) is 9.13. The van der Waals surface area contributed by atoms with Crippen molar-refractivity contribution in [2.75, 3.05) is 19.8 Å². The predicted molar refractivity (Wildman–Crippen MR) is 72.8 cm³/mol. The van der Waals surface area contributed by atoms with E-state index in [2.05, 4.69) is 19.2 Å². The molecule has 106 valence electrons. The maximum Gasteiger partial charge on any atom is 0.127 e. The van der Waals surface area contributed by atoms with Gasteiger partial charge in [-0.15, -0.1) is 0 Å². The van der Waals surface area contributed by atoms with Crippen molar-refractivity contribution in [1.82, 2.24) is 5.32 Å². The van der Waals surface area contributed by atoms with Crippen molar-refractivity contribution in [3.63, 3.8) is 0 Å². The highest BCUT2D eigenvalue weighted by Gasteiger charge is 2.16. The molecular formula is C15H22FNO2. The molecule has 1 N–H and O–H groups in total. The predicted octanol–water partition coefficient (Wildman–Crippen LogP) is 2.74. The fourth-order valence-corrected chi connectivity index (χ4v) is 2.06. The van der Waals surface area contributed by atoms with E-state index in [4.69, 9.17) is 9.47 Å². The zero-order valence-electron chi connectivity index (χ0n) is 11.6. The van der Waals surface area contributed by atoms with Crippen LogP contribution in [0.15, 0.2) is 18.2 Å². The Balaban J connectivity index is 1.91. The van der Waals surface area contributed by atoms with Crippen molar-refractivity contribution in [2.45, 2.75) is 32.9 Å². The van der Waals surface area contributed by atoms with Crippen molar-refractivity contribution in [1.29, 1.82) is 0 Å². The minimum atomic E-state index is -0.249. The van der Waals surface area contributed by atoms with Gasteiger partial charge in [0.25, 0.3) is 0 Å². The Hall–Kier alpha value is -1.13. The molecule has 1 aromatic carbocycles. The van der Waals surface area contributed by atoms with Gasteiger partial charge in [-0.05, 0) is 24.1 Å². The minimum Gasteiger partial charge on any atom is -0.493 e. The molecule has 1 fully saturated rings. The Bertz CT molecular complexity index is 403. The number of ether oxygens (including phenoxy) is 2. The number of rotatable bonds is 6. The van der Waals surface area contributed by atoms with Gasteiger partial charge in [0.1, 0.15) is 11.6 Å². The first-order valence-electron chi connectivity index (χ1n) is 6.87. The van der Waals surface area contributed by atoms with Crippen LogP contribution in [0.1, 0.15) is 25.8 Å². The van der Waals surface area contributed by atoms with Crippen LogP contribution in [0.2, 0.25) is 0 Å². The van der Waals surface area contributed by atoms with Gasteiger partial charge in [0, 0.05) is 31.2 Å². The maximum absolute atomic E-state index is 13.5.